The van der Waals surface area contributed by atoms with Gasteiger partial charge in [0.2, 0.25) is 10.0 Å². The monoisotopic (exact) mass is 280 g/mol. The molecule has 0 radical (unpaired) electrons. The lowest BCUT2D eigenvalue weighted by atomic mass is 9.95. The van der Waals surface area contributed by atoms with Crippen LogP contribution in [-0.2, 0) is 10.0 Å². The Bertz CT molecular complexity index is 695. The molecule has 1 fully saturated rings. The summed E-state index contributed by atoms with van der Waals surface area (Å²) in [6.45, 7) is 1.13. The fourth-order valence-electron chi connectivity index (χ4n) is 2.55. The van der Waals surface area contributed by atoms with E-state index in [2.05, 4.69) is 15.2 Å². The summed E-state index contributed by atoms with van der Waals surface area (Å²) in [5, 5.41) is 7.77. The number of piperidine rings is 1. The maximum Gasteiger partial charge on any atom is 0.211 e. The van der Waals surface area contributed by atoms with Crippen LogP contribution in [0.25, 0.3) is 11.0 Å². The molecule has 1 saturated heterocycles. The first-order valence-electron chi connectivity index (χ1n) is 6.29. The number of hydrogen-bond donors (Lipinski definition) is 1. The highest BCUT2D eigenvalue weighted by atomic mass is 32.2. The van der Waals surface area contributed by atoms with Gasteiger partial charge in [-0.3, -0.25) is 5.10 Å². The lowest BCUT2D eigenvalue weighted by molar-refractivity contribution is 0.315. The van der Waals surface area contributed by atoms with Crippen molar-refractivity contribution >= 4 is 21.1 Å². The zero-order valence-electron chi connectivity index (χ0n) is 10.7. The lowest BCUT2D eigenvalue weighted by Crippen LogP contribution is -2.38. The normalized spacial score (nSPS) is 21.8. The maximum atomic E-state index is 11.6. The summed E-state index contributed by atoms with van der Waals surface area (Å²) in [6.07, 6.45) is 4.84. The number of nitrogens with one attached hydrogen (secondary N) is 1. The van der Waals surface area contributed by atoms with E-state index < -0.39 is 10.0 Å². The molecule has 2 aromatic rings. The van der Waals surface area contributed by atoms with Crippen molar-refractivity contribution in [3.8, 4) is 0 Å². The van der Waals surface area contributed by atoms with Gasteiger partial charge in [-0.15, -0.1) is 0 Å². The average molecular weight is 280 g/mol. The van der Waals surface area contributed by atoms with Crippen molar-refractivity contribution < 1.29 is 8.42 Å². The molecule has 1 N–H and O–H groups in total. The van der Waals surface area contributed by atoms with Gasteiger partial charge in [-0.1, -0.05) is 0 Å². The van der Waals surface area contributed by atoms with Gasteiger partial charge in [-0.05, 0) is 25.0 Å². The van der Waals surface area contributed by atoms with Crippen LogP contribution in [0.1, 0.15) is 24.5 Å². The van der Waals surface area contributed by atoms with Crippen LogP contribution in [0, 0.1) is 0 Å². The molecule has 6 nitrogen and oxygen atoms in total. The van der Waals surface area contributed by atoms with Crippen LogP contribution in [0.15, 0.2) is 18.3 Å². The Kier molecular flexibility index (Phi) is 3.02. The van der Waals surface area contributed by atoms with Crippen molar-refractivity contribution in [1.29, 1.82) is 0 Å². The van der Waals surface area contributed by atoms with Crippen molar-refractivity contribution in [2.45, 2.75) is 18.8 Å². The molecule has 1 atom stereocenters. The second-order valence-electron chi connectivity index (χ2n) is 5.00. The highest BCUT2D eigenvalue weighted by Gasteiger charge is 2.27. The van der Waals surface area contributed by atoms with Crippen LogP contribution in [0.4, 0.5) is 0 Å². The minimum atomic E-state index is -3.11. The molecule has 19 heavy (non-hydrogen) atoms. The van der Waals surface area contributed by atoms with Gasteiger partial charge in [0.05, 0.1) is 12.5 Å². The number of fused-ring (bicyclic) bond motifs is 1. The second kappa shape index (κ2) is 4.57. The molecule has 102 valence electrons. The molecular weight excluding hydrogens is 264 g/mol. The van der Waals surface area contributed by atoms with E-state index in [1.165, 1.54) is 6.26 Å². The molecule has 0 bridgehead atoms. The largest absolute Gasteiger partial charge is 0.261 e. The first-order chi connectivity index (χ1) is 9.04. The number of H-pyrrole nitrogens is 1. The lowest BCUT2D eigenvalue weighted by Gasteiger charge is -2.30. The van der Waals surface area contributed by atoms with Crippen LogP contribution in [0.3, 0.4) is 0 Å². The van der Waals surface area contributed by atoms with Crippen LogP contribution >= 0.6 is 0 Å². The third kappa shape index (κ3) is 2.48. The number of rotatable bonds is 2. The van der Waals surface area contributed by atoms with Gasteiger partial charge < -0.3 is 0 Å². The molecular formula is C12H16N4O2S. The molecule has 2 aromatic heterocycles. The van der Waals surface area contributed by atoms with Gasteiger partial charge in [0, 0.05) is 30.1 Å². The van der Waals surface area contributed by atoms with Crippen LogP contribution in [0.5, 0.6) is 0 Å². The minimum Gasteiger partial charge on any atom is -0.261 e. The second-order valence-corrected chi connectivity index (χ2v) is 6.99. The summed E-state index contributed by atoms with van der Waals surface area (Å²) in [6, 6.07) is 3.94. The minimum absolute atomic E-state index is 0.163. The van der Waals surface area contributed by atoms with E-state index in [0.717, 1.165) is 29.6 Å². The molecule has 1 aliphatic heterocycles. The van der Waals surface area contributed by atoms with E-state index >= 15 is 0 Å². The van der Waals surface area contributed by atoms with Gasteiger partial charge in [0.15, 0.2) is 5.65 Å². The Morgan fingerprint density at radius 1 is 1.42 bits per heavy atom. The molecule has 1 aliphatic rings. The van der Waals surface area contributed by atoms with E-state index in [-0.39, 0.29) is 5.92 Å². The van der Waals surface area contributed by atoms with Crippen molar-refractivity contribution in [1.82, 2.24) is 19.5 Å². The summed E-state index contributed by atoms with van der Waals surface area (Å²) in [7, 11) is -3.11. The number of hydrogen-bond acceptors (Lipinski definition) is 4. The molecule has 3 rings (SSSR count). The molecule has 0 unspecified atom stereocenters. The number of sulfonamides is 1. The molecule has 7 heteroatoms. The zero-order chi connectivity index (χ0) is 13.5. The number of pyridine rings is 1. The molecule has 0 aliphatic carbocycles. The summed E-state index contributed by atoms with van der Waals surface area (Å²) < 4.78 is 24.8. The Hall–Kier alpha value is -1.47. The van der Waals surface area contributed by atoms with E-state index in [4.69, 9.17) is 0 Å². The molecule has 0 amide bonds. The Morgan fingerprint density at radius 2 is 2.26 bits per heavy atom. The number of aromatic amines is 1. The van der Waals surface area contributed by atoms with Gasteiger partial charge in [-0.25, -0.2) is 17.7 Å². The standard InChI is InChI=1S/C12H16N4O2S/c1-19(17,18)16-6-2-3-10(8-16)11-5-4-9-7-13-15-12(9)14-11/h4-5,7,10H,2-3,6,8H2,1H3,(H,13,14,15)/t10-/m0/s1. The number of aromatic nitrogens is 3. The van der Waals surface area contributed by atoms with Crippen LogP contribution in [0.2, 0.25) is 0 Å². The van der Waals surface area contributed by atoms with E-state index in [0.29, 0.717) is 13.1 Å². The third-order valence-electron chi connectivity index (χ3n) is 3.59. The van der Waals surface area contributed by atoms with E-state index in [1.807, 2.05) is 12.1 Å². The first-order valence-corrected chi connectivity index (χ1v) is 8.14. The molecule has 0 saturated carbocycles. The van der Waals surface area contributed by atoms with Gasteiger partial charge >= 0.3 is 0 Å². The van der Waals surface area contributed by atoms with Crippen LogP contribution < -0.4 is 0 Å². The predicted molar refractivity (Wildman–Crippen MR) is 72.3 cm³/mol. The fourth-order valence-corrected chi connectivity index (χ4v) is 3.47. The third-order valence-corrected chi connectivity index (χ3v) is 4.86. The molecule has 0 spiro atoms. The predicted octanol–water partition coefficient (Wildman–Crippen LogP) is 1.10. The maximum absolute atomic E-state index is 11.6. The Labute approximate surface area is 111 Å². The summed E-state index contributed by atoms with van der Waals surface area (Å²) in [5.41, 5.74) is 1.69. The Balaban J connectivity index is 1.88. The number of nitrogens with zero attached hydrogens (tertiary/aromatic N) is 3. The first kappa shape index (κ1) is 12.6. The quantitative estimate of drug-likeness (QED) is 0.893. The SMILES string of the molecule is CS(=O)(=O)N1CCC[C@H](c2ccc3cn[nH]c3n2)C1. The van der Waals surface area contributed by atoms with Gasteiger partial charge in [0.1, 0.15) is 0 Å². The van der Waals surface area contributed by atoms with Crippen molar-refractivity contribution in [2.24, 2.45) is 0 Å². The summed E-state index contributed by atoms with van der Waals surface area (Å²) >= 11 is 0. The topological polar surface area (TPSA) is 79.0 Å². The van der Waals surface area contributed by atoms with Crippen molar-refractivity contribution in [3.63, 3.8) is 0 Å². The fraction of sp³-hybridized carbons (Fsp3) is 0.500. The smallest absolute Gasteiger partial charge is 0.211 e. The van der Waals surface area contributed by atoms with Gasteiger partial charge in [-0.2, -0.15) is 5.10 Å². The van der Waals surface area contributed by atoms with Crippen molar-refractivity contribution in [2.75, 3.05) is 19.3 Å². The highest BCUT2D eigenvalue weighted by Crippen LogP contribution is 2.27. The zero-order valence-corrected chi connectivity index (χ0v) is 11.5. The molecule has 0 aromatic carbocycles. The van der Waals surface area contributed by atoms with E-state index in [9.17, 15) is 8.42 Å². The highest BCUT2D eigenvalue weighted by molar-refractivity contribution is 7.88. The summed E-state index contributed by atoms with van der Waals surface area (Å²) in [5.74, 6) is 0.163. The van der Waals surface area contributed by atoms with Crippen molar-refractivity contribution in [3.05, 3.63) is 24.0 Å². The van der Waals surface area contributed by atoms with Crippen LogP contribution in [-0.4, -0.2) is 47.2 Å². The average Bonchev–Trinajstić information content (AvgIpc) is 2.85. The van der Waals surface area contributed by atoms with E-state index in [1.54, 1.807) is 10.5 Å². The summed E-state index contributed by atoms with van der Waals surface area (Å²) in [4.78, 5) is 4.54. The Morgan fingerprint density at radius 3 is 3.05 bits per heavy atom. The van der Waals surface area contributed by atoms with Gasteiger partial charge in [0.25, 0.3) is 0 Å². The molecule has 3 heterocycles.